The third-order valence-corrected chi connectivity index (χ3v) is 29.7. The molecule has 25 rings (SSSR count). The Hall–Kier alpha value is -11.4. The summed E-state index contributed by atoms with van der Waals surface area (Å²) in [4.78, 5) is 2.39. The number of halogens is 7. The molecule has 645 valence electrons. The number of para-hydroxylation sites is 7. The minimum Gasteiger partial charge on any atom is -0.537 e. The summed E-state index contributed by atoms with van der Waals surface area (Å²) >= 11 is 21.4. The molecule has 19 aromatic carbocycles. The lowest BCUT2D eigenvalue weighted by Gasteiger charge is -2.29. The molecule has 1 radical (unpaired) electrons. The van der Waals surface area contributed by atoms with Crippen molar-refractivity contribution in [3.8, 4) is 67.3 Å². The van der Waals surface area contributed by atoms with E-state index in [2.05, 4.69) is 554 Å². The molecule has 3 heterocycles. The van der Waals surface area contributed by atoms with E-state index in [9.17, 15) is 0 Å². The standard InChI is InChI=1S/C31H24BrN.C24H16BrN.C18H13BNO2.C18H12IN.C15H12BrI.C13H8BrI/c1-31(2)28-19-22(32)15-17-26(28)27-18-16-24(20-29(27)31)33(23-11-4-3-5-12-23)30-14-8-10-21-9-6-7-13-25(21)30;25-19-13-10-17(11-14-19)18-12-15-24-22(16-18)21-8-4-5-9-23(21)26(24)20-6-2-1-3-7-20;21-19-22-14-10-11-18-16(12-14)15-8-4-5-9-17(15)20(18)13-6-2-1-3-7-13;19-13-10-11-18-16(12-13)15-8-4-5-9-17(15)20(18)14-6-2-1-3-7-14;1-15(2)13-7-9(16)3-5-11(13)12-6-4-10(17)8-14(12)15;14-10-1-3-12-8(6-10)5-9-7-11(15)2-4-13(9)12/h3-20H,1-2H3;1-16H;1-12,21H;1-12H;3-8H,1-2H3;1-4,6-7H,5H2. The summed E-state index contributed by atoms with van der Waals surface area (Å²) in [6.07, 6.45) is 1.07. The van der Waals surface area contributed by atoms with E-state index >= 15 is 0 Å². The van der Waals surface area contributed by atoms with E-state index in [1.807, 2.05) is 48.5 Å². The zero-order chi connectivity index (χ0) is 91.2. The van der Waals surface area contributed by atoms with Crippen molar-refractivity contribution >= 4 is 232 Å². The number of hydrogen-bond acceptors (Lipinski definition) is 3. The molecule has 0 saturated carbocycles. The topological polar surface area (TPSA) is 47.5 Å². The van der Waals surface area contributed by atoms with E-state index in [0.717, 1.165) is 53.0 Å². The second kappa shape index (κ2) is 38.5. The molecular weight excluding hydrogens is 2230 g/mol. The van der Waals surface area contributed by atoms with Crippen LogP contribution in [0, 0.1) is 10.7 Å². The van der Waals surface area contributed by atoms with Gasteiger partial charge in [-0.05, 0) is 364 Å². The van der Waals surface area contributed by atoms with Crippen LogP contribution in [0.25, 0.3) is 138 Å². The Labute approximate surface area is 850 Å². The molecule has 0 bridgehead atoms. The molecule has 0 spiro atoms. The molecular formula is C119H85BBr4I3N4O2. The molecule has 22 aromatic rings. The van der Waals surface area contributed by atoms with Crippen molar-refractivity contribution in [2.24, 2.45) is 0 Å². The zero-order valence-corrected chi connectivity index (χ0v) is 85.8. The number of anilines is 3. The number of hydrogen-bond donors (Lipinski definition) is 1. The van der Waals surface area contributed by atoms with E-state index in [1.54, 1.807) is 0 Å². The summed E-state index contributed by atoms with van der Waals surface area (Å²) < 4.78 is 20.5. The monoisotopic (exact) mass is 2310 g/mol. The number of nitrogens with zero attached hydrogens (tertiary/aromatic N) is 4. The van der Waals surface area contributed by atoms with E-state index in [4.69, 9.17) is 9.68 Å². The van der Waals surface area contributed by atoms with Crippen LogP contribution in [0.1, 0.15) is 61.1 Å². The van der Waals surface area contributed by atoms with Gasteiger partial charge in [0.2, 0.25) is 0 Å². The largest absolute Gasteiger partial charge is 0.569 e. The first kappa shape index (κ1) is 89.4. The van der Waals surface area contributed by atoms with Crippen LogP contribution >= 0.6 is 131 Å². The number of fused-ring (bicyclic) bond motifs is 19. The van der Waals surface area contributed by atoms with Crippen LogP contribution in [0.15, 0.2) is 443 Å². The molecule has 3 aromatic heterocycles. The summed E-state index contributed by atoms with van der Waals surface area (Å²) in [6, 6.07) is 151. The summed E-state index contributed by atoms with van der Waals surface area (Å²) in [6.45, 7) is 9.28. The summed E-state index contributed by atoms with van der Waals surface area (Å²) in [5, 5.41) is 18.8. The lowest BCUT2D eigenvalue weighted by atomic mass is 9.82. The fourth-order valence-corrected chi connectivity index (χ4v) is 22.4. The minimum atomic E-state index is -0.0639. The molecule has 14 heteroatoms. The van der Waals surface area contributed by atoms with Gasteiger partial charge in [0.1, 0.15) is 5.75 Å². The van der Waals surface area contributed by atoms with Gasteiger partial charge in [-0.2, -0.15) is 0 Å². The highest BCUT2D eigenvalue weighted by Gasteiger charge is 2.38. The molecule has 3 aliphatic rings. The van der Waals surface area contributed by atoms with Crippen molar-refractivity contribution in [3.63, 3.8) is 0 Å². The smallest absolute Gasteiger partial charge is 0.537 e. The summed E-state index contributed by atoms with van der Waals surface area (Å²) in [7, 11) is 0.706. The predicted octanol–water partition coefficient (Wildman–Crippen LogP) is 35.7. The Morgan fingerprint density at radius 1 is 0.286 bits per heavy atom. The average Bonchev–Trinajstić information content (AvgIpc) is 1.59. The molecule has 0 fully saturated rings. The molecule has 0 saturated heterocycles. The maximum Gasteiger partial charge on any atom is 0.569 e. The van der Waals surface area contributed by atoms with E-state index in [0.29, 0.717) is 13.4 Å². The maximum absolute atomic E-state index is 8.84. The minimum absolute atomic E-state index is 0.0639. The second-order valence-electron chi connectivity index (χ2n) is 34.4. The fourth-order valence-electron chi connectivity index (χ4n) is 19.5. The van der Waals surface area contributed by atoms with Crippen LogP contribution in [0.2, 0.25) is 0 Å². The third-order valence-electron chi connectivity index (χ3n) is 25.7. The summed E-state index contributed by atoms with van der Waals surface area (Å²) in [5.74, 6) is 0.617. The fraction of sp³-hybridized carbons (Fsp3) is 0.0588. The Kier molecular flexibility index (Phi) is 25.9. The molecule has 1 N–H and O–H groups in total. The van der Waals surface area contributed by atoms with Crippen LogP contribution in [-0.2, 0) is 17.3 Å². The van der Waals surface area contributed by atoms with Crippen LogP contribution < -0.4 is 9.55 Å². The maximum atomic E-state index is 8.84. The lowest BCUT2D eigenvalue weighted by molar-refractivity contribution is 0.454. The lowest BCUT2D eigenvalue weighted by Crippen LogP contribution is -2.16. The van der Waals surface area contributed by atoms with Gasteiger partial charge in [-0.1, -0.05) is 310 Å². The van der Waals surface area contributed by atoms with Gasteiger partial charge in [-0.25, -0.2) is 0 Å². The molecule has 0 atom stereocenters. The van der Waals surface area contributed by atoms with Crippen LogP contribution in [-0.4, -0.2) is 26.4 Å². The molecule has 6 nitrogen and oxygen atoms in total. The Morgan fingerprint density at radius 2 is 0.654 bits per heavy atom. The molecule has 0 aliphatic heterocycles. The van der Waals surface area contributed by atoms with Gasteiger partial charge in [0.15, 0.2) is 0 Å². The third kappa shape index (κ3) is 17.8. The van der Waals surface area contributed by atoms with Gasteiger partial charge < -0.3 is 28.3 Å². The SMILES string of the molecule is Brc1ccc(-c2ccc3c(c2)c2ccccc2n3-c2ccccc2)cc1.Brc1ccc2c(c1)Cc1cc(I)ccc1-2.CC1(C)c2cc(Br)ccc2-c2ccc(I)cc21.CC1(C)c2cc(Br)ccc2-c2ccc(N(c3ccccc3)c3cccc4ccccc34)cc21.Ic1ccc2c(c1)c1ccccc1n2-c1ccccc1.O[B]Oc1ccc2c(c1)c1ccccc1n2-c1ccccc1. The average molecular weight is 2310 g/mol. The van der Waals surface area contributed by atoms with Gasteiger partial charge in [0, 0.05) is 106 Å². The quantitative estimate of drug-likeness (QED) is 0.116. The molecule has 133 heavy (non-hydrogen) atoms. The van der Waals surface area contributed by atoms with E-state index < -0.39 is 0 Å². The van der Waals surface area contributed by atoms with E-state index in [-0.39, 0.29) is 10.8 Å². The van der Waals surface area contributed by atoms with Crippen LogP contribution in [0.5, 0.6) is 5.75 Å². The summed E-state index contributed by atoms with van der Waals surface area (Å²) in [5.41, 5.74) is 33.5. The molecule has 3 aliphatic carbocycles. The van der Waals surface area contributed by atoms with Crippen molar-refractivity contribution in [1.29, 1.82) is 0 Å². The molecule has 0 amide bonds. The highest BCUT2D eigenvalue weighted by Crippen LogP contribution is 2.54. The van der Waals surface area contributed by atoms with Crippen molar-refractivity contribution in [2.45, 2.75) is 44.9 Å². The van der Waals surface area contributed by atoms with Crippen molar-refractivity contribution in [3.05, 3.63) is 487 Å². The van der Waals surface area contributed by atoms with Crippen LogP contribution in [0.3, 0.4) is 0 Å². The normalized spacial score (nSPS) is 12.5. The highest BCUT2D eigenvalue weighted by atomic mass is 127. The molecule has 0 unspecified atom stereocenters. The first-order valence-corrected chi connectivity index (χ1v) is 50.5. The first-order chi connectivity index (χ1) is 64.8. The van der Waals surface area contributed by atoms with Gasteiger partial charge in [0.05, 0.1) is 38.8 Å². The van der Waals surface area contributed by atoms with E-state index in [1.165, 1.54) is 170 Å². The van der Waals surface area contributed by atoms with Gasteiger partial charge in [-0.3, -0.25) is 0 Å². The van der Waals surface area contributed by atoms with Gasteiger partial charge in [-0.15, -0.1) is 0 Å². The van der Waals surface area contributed by atoms with Crippen LogP contribution in [0.4, 0.5) is 17.1 Å². The first-order valence-electron chi connectivity index (χ1n) is 44.1. The van der Waals surface area contributed by atoms with Crippen molar-refractivity contribution < 1.29 is 9.68 Å². The van der Waals surface area contributed by atoms with Crippen molar-refractivity contribution in [1.82, 2.24) is 13.7 Å². The highest BCUT2D eigenvalue weighted by molar-refractivity contribution is 14.1. The Morgan fingerprint density at radius 3 is 1.20 bits per heavy atom. The number of benzene rings is 19. The number of aromatic nitrogens is 3. The zero-order valence-electron chi connectivity index (χ0n) is 73.0. The number of rotatable bonds is 9. The predicted molar refractivity (Wildman–Crippen MR) is 600 cm³/mol. The van der Waals surface area contributed by atoms with Gasteiger partial charge in [0.25, 0.3) is 0 Å². The Bertz CT molecular complexity index is 8060. The van der Waals surface area contributed by atoms with Gasteiger partial charge >= 0.3 is 7.69 Å². The van der Waals surface area contributed by atoms with Crippen molar-refractivity contribution in [2.75, 3.05) is 4.90 Å². The Balaban J connectivity index is 0.000000101. The second-order valence-corrected chi connectivity index (χ2v) is 41.8.